The van der Waals surface area contributed by atoms with Crippen molar-refractivity contribution >= 4 is 22.3 Å². The molecular formula is C29H40N4. The van der Waals surface area contributed by atoms with Crippen LogP contribution in [0.3, 0.4) is 0 Å². The number of nitrogens with zero attached hydrogens (tertiary/aromatic N) is 2. The van der Waals surface area contributed by atoms with E-state index in [0.717, 1.165) is 48.4 Å². The summed E-state index contributed by atoms with van der Waals surface area (Å²) in [5.41, 5.74) is 6.42. The van der Waals surface area contributed by atoms with Gasteiger partial charge in [-0.05, 0) is 53.7 Å². The van der Waals surface area contributed by atoms with Crippen molar-refractivity contribution in [2.75, 3.05) is 12.4 Å². The van der Waals surface area contributed by atoms with Crippen LogP contribution in [-0.4, -0.2) is 17.0 Å². The van der Waals surface area contributed by atoms with Crippen molar-refractivity contribution in [1.82, 2.24) is 15.3 Å². The second-order valence-electron chi connectivity index (χ2n) is 7.58. The van der Waals surface area contributed by atoms with Gasteiger partial charge in [0.25, 0.3) is 0 Å². The maximum atomic E-state index is 4.69. The van der Waals surface area contributed by atoms with Gasteiger partial charge in [-0.3, -0.25) is 0 Å². The van der Waals surface area contributed by atoms with Gasteiger partial charge in [-0.1, -0.05) is 83.2 Å². The first-order valence-electron chi connectivity index (χ1n) is 12.3. The molecular weight excluding hydrogens is 404 g/mol. The third kappa shape index (κ3) is 7.26. The van der Waals surface area contributed by atoms with Crippen molar-refractivity contribution in [2.45, 2.75) is 67.0 Å². The Bertz CT molecular complexity index is 1050. The van der Waals surface area contributed by atoms with Crippen molar-refractivity contribution in [1.29, 1.82) is 0 Å². The Labute approximate surface area is 200 Å². The third-order valence-electron chi connectivity index (χ3n) is 5.48. The maximum absolute atomic E-state index is 4.69. The van der Waals surface area contributed by atoms with Gasteiger partial charge in [-0.2, -0.15) is 0 Å². The van der Waals surface area contributed by atoms with Gasteiger partial charge in [0.05, 0.1) is 12.1 Å². The number of aromatic nitrogens is 2. The molecule has 4 nitrogen and oxygen atoms in total. The van der Waals surface area contributed by atoms with Crippen LogP contribution in [-0.2, 0) is 13.1 Å². The fourth-order valence-corrected chi connectivity index (χ4v) is 3.85. The minimum Gasteiger partial charge on any atom is -0.373 e. The Balaban J connectivity index is 0.00000187. The quantitative estimate of drug-likeness (QED) is 0.317. The van der Waals surface area contributed by atoms with Crippen LogP contribution in [0.5, 0.6) is 0 Å². The molecule has 1 aromatic heterocycles. The SMILES string of the molecule is CC.CC/C=C\C(CC)=C(/CC)c1ccc(CNCc2nc(NC)c3ccccc3n2)cc1. The maximum Gasteiger partial charge on any atom is 0.145 e. The van der Waals surface area contributed by atoms with E-state index in [4.69, 9.17) is 4.98 Å². The summed E-state index contributed by atoms with van der Waals surface area (Å²) in [5.74, 6) is 1.67. The van der Waals surface area contributed by atoms with E-state index in [2.05, 4.69) is 72.8 Å². The van der Waals surface area contributed by atoms with Gasteiger partial charge >= 0.3 is 0 Å². The number of allylic oxidation sites excluding steroid dienone is 4. The molecule has 2 aromatic carbocycles. The zero-order valence-corrected chi connectivity index (χ0v) is 21.2. The molecule has 176 valence electrons. The third-order valence-corrected chi connectivity index (χ3v) is 5.48. The molecule has 0 saturated carbocycles. The van der Waals surface area contributed by atoms with Crippen LogP contribution in [0.25, 0.3) is 16.5 Å². The van der Waals surface area contributed by atoms with E-state index < -0.39 is 0 Å². The summed E-state index contributed by atoms with van der Waals surface area (Å²) in [6, 6.07) is 17.0. The lowest BCUT2D eigenvalue weighted by Gasteiger charge is -2.12. The van der Waals surface area contributed by atoms with Gasteiger partial charge < -0.3 is 10.6 Å². The zero-order valence-electron chi connectivity index (χ0n) is 21.2. The van der Waals surface area contributed by atoms with Crippen LogP contribution in [0.1, 0.15) is 70.8 Å². The number of hydrogen-bond donors (Lipinski definition) is 2. The summed E-state index contributed by atoms with van der Waals surface area (Å²) in [7, 11) is 1.90. The normalized spacial score (nSPS) is 11.8. The lowest BCUT2D eigenvalue weighted by atomic mass is 9.95. The molecule has 2 N–H and O–H groups in total. The van der Waals surface area contributed by atoms with Crippen molar-refractivity contribution in [3.05, 3.63) is 83.2 Å². The Hall–Kier alpha value is -2.98. The predicted octanol–water partition coefficient (Wildman–Crippen LogP) is 7.53. The van der Waals surface area contributed by atoms with E-state index in [-0.39, 0.29) is 0 Å². The molecule has 3 rings (SSSR count). The standard InChI is InChI=1S/C27H34N4.C2H6/c1-5-8-11-21(6-2)23(7-3)22-16-14-20(15-17-22)18-29-19-26-30-25-13-10-9-12-24(25)27(28-4)31-26;1-2/h8-17,29H,5-7,18-19H2,1-4H3,(H,28,30,31);1-2H3/b11-8-,23-21+;. The molecule has 0 unspecified atom stereocenters. The molecule has 0 spiro atoms. The Kier molecular flexibility index (Phi) is 11.3. The molecule has 0 aliphatic rings. The van der Waals surface area contributed by atoms with Crippen molar-refractivity contribution in [2.24, 2.45) is 0 Å². The largest absolute Gasteiger partial charge is 0.373 e. The Morgan fingerprint density at radius 3 is 2.24 bits per heavy atom. The van der Waals surface area contributed by atoms with E-state index in [9.17, 15) is 0 Å². The average Bonchev–Trinajstić information content (AvgIpc) is 2.88. The minimum absolute atomic E-state index is 0.628. The van der Waals surface area contributed by atoms with Gasteiger partial charge in [0.2, 0.25) is 0 Å². The Morgan fingerprint density at radius 1 is 0.879 bits per heavy atom. The number of fused-ring (bicyclic) bond motifs is 1. The van der Waals surface area contributed by atoms with E-state index in [1.165, 1.54) is 22.3 Å². The monoisotopic (exact) mass is 444 g/mol. The fourth-order valence-electron chi connectivity index (χ4n) is 3.85. The lowest BCUT2D eigenvalue weighted by molar-refractivity contribution is 0.666. The Morgan fingerprint density at radius 2 is 1.61 bits per heavy atom. The highest BCUT2D eigenvalue weighted by Gasteiger charge is 2.07. The topological polar surface area (TPSA) is 49.8 Å². The highest BCUT2D eigenvalue weighted by atomic mass is 15.0. The summed E-state index contributed by atoms with van der Waals surface area (Å²) >= 11 is 0. The molecule has 0 atom stereocenters. The molecule has 0 bridgehead atoms. The molecule has 33 heavy (non-hydrogen) atoms. The number of nitrogens with one attached hydrogen (secondary N) is 2. The van der Waals surface area contributed by atoms with Gasteiger partial charge in [0, 0.05) is 19.0 Å². The minimum atomic E-state index is 0.628. The zero-order chi connectivity index (χ0) is 24.1. The second-order valence-corrected chi connectivity index (χ2v) is 7.58. The van der Waals surface area contributed by atoms with E-state index in [1.807, 2.05) is 45.2 Å². The van der Waals surface area contributed by atoms with Gasteiger partial charge in [-0.25, -0.2) is 9.97 Å². The summed E-state index contributed by atoms with van der Waals surface area (Å²) < 4.78 is 0. The highest BCUT2D eigenvalue weighted by Crippen LogP contribution is 2.26. The number of hydrogen-bond acceptors (Lipinski definition) is 4. The fraction of sp³-hybridized carbons (Fsp3) is 0.379. The summed E-state index contributed by atoms with van der Waals surface area (Å²) in [6.07, 6.45) is 7.71. The van der Waals surface area contributed by atoms with Crippen molar-refractivity contribution in [3.63, 3.8) is 0 Å². The van der Waals surface area contributed by atoms with Crippen LogP contribution in [0.15, 0.2) is 66.3 Å². The molecule has 0 saturated heterocycles. The van der Waals surface area contributed by atoms with E-state index in [1.54, 1.807) is 0 Å². The van der Waals surface area contributed by atoms with Crippen LogP contribution in [0.2, 0.25) is 0 Å². The molecule has 0 radical (unpaired) electrons. The van der Waals surface area contributed by atoms with Crippen LogP contribution >= 0.6 is 0 Å². The first-order valence-corrected chi connectivity index (χ1v) is 12.3. The number of benzene rings is 2. The van der Waals surface area contributed by atoms with Gasteiger partial charge in [-0.15, -0.1) is 0 Å². The first kappa shape index (κ1) is 26.3. The molecule has 1 heterocycles. The summed E-state index contributed by atoms with van der Waals surface area (Å²) in [4.78, 5) is 9.35. The van der Waals surface area contributed by atoms with Crippen molar-refractivity contribution in [3.8, 4) is 0 Å². The molecule has 0 amide bonds. The van der Waals surface area contributed by atoms with Crippen molar-refractivity contribution < 1.29 is 0 Å². The number of anilines is 1. The lowest BCUT2D eigenvalue weighted by Crippen LogP contribution is -2.15. The number of para-hydroxylation sites is 1. The average molecular weight is 445 g/mol. The molecule has 0 aliphatic heterocycles. The first-order chi connectivity index (χ1) is 16.2. The molecule has 3 aromatic rings. The smallest absolute Gasteiger partial charge is 0.145 e. The summed E-state index contributed by atoms with van der Waals surface area (Å²) in [6.45, 7) is 12.1. The van der Waals surface area contributed by atoms with Crippen LogP contribution in [0, 0.1) is 0 Å². The molecule has 0 fully saturated rings. The van der Waals surface area contributed by atoms with Gasteiger partial charge in [0.1, 0.15) is 11.6 Å². The predicted molar refractivity (Wildman–Crippen MR) is 144 cm³/mol. The van der Waals surface area contributed by atoms with Crippen LogP contribution < -0.4 is 10.6 Å². The summed E-state index contributed by atoms with van der Waals surface area (Å²) in [5, 5.41) is 7.71. The van der Waals surface area contributed by atoms with E-state index in [0.29, 0.717) is 6.54 Å². The highest BCUT2D eigenvalue weighted by molar-refractivity contribution is 5.88. The van der Waals surface area contributed by atoms with Gasteiger partial charge in [0.15, 0.2) is 0 Å². The molecule has 0 aliphatic carbocycles. The molecule has 4 heteroatoms. The number of rotatable bonds is 10. The second kappa shape index (κ2) is 14.2. The van der Waals surface area contributed by atoms with Crippen LogP contribution in [0.4, 0.5) is 5.82 Å². The van der Waals surface area contributed by atoms with E-state index >= 15 is 0 Å².